The van der Waals surface area contributed by atoms with Crippen molar-refractivity contribution < 1.29 is 13.2 Å². The van der Waals surface area contributed by atoms with E-state index in [2.05, 4.69) is 10.3 Å². The highest BCUT2D eigenvalue weighted by molar-refractivity contribution is 5.85. The van der Waals surface area contributed by atoms with E-state index in [9.17, 15) is 13.2 Å². The van der Waals surface area contributed by atoms with Gasteiger partial charge in [-0.25, -0.2) is 4.98 Å². The van der Waals surface area contributed by atoms with Gasteiger partial charge < -0.3 is 10.2 Å². The summed E-state index contributed by atoms with van der Waals surface area (Å²) in [6.07, 6.45) is 0.0784. The van der Waals surface area contributed by atoms with Gasteiger partial charge in [0.2, 0.25) is 0 Å². The van der Waals surface area contributed by atoms with E-state index in [1.54, 1.807) is 6.07 Å². The van der Waals surface area contributed by atoms with Gasteiger partial charge in [-0.15, -0.1) is 12.4 Å². The minimum absolute atomic E-state index is 0. The molecule has 7 heteroatoms. The van der Waals surface area contributed by atoms with Crippen molar-refractivity contribution in [1.82, 2.24) is 10.3 Å². The van der Waals surface area contributed by atoms with Gasteiger partial charge in [0.25, 0.3) is 0 Å². The second-order valence-electron chi connectivity index (χ2n) is 6.12. The van der Waals surface area contributed by atoms with Gasteiger partial charge in [0.15, 0.2) is 0 Å². The van der Waals surface area contributed by atoms with E-state index in [0.717, 1.165) is 45.1 Å². The van der Waals surface area contributed by atoms with Crippen molar-refractivity contribution >= 4 is 18.2 Å². The predicted octanol–water partition coefficient (Wildman–Crippen LogP) is 3.49. The van der Waals surface area contributed by atoms with Gasteiger partial charge in [0, 0.05) is 13.1 Å². The molecule has 3 nitrogen and oxygen atoms in total. The molecule has 124 valence electrons. The van der Waals surface area contributed by atoms with E-state index in [4.69, 9.17) is 0 Å². The van der Waals surface area contributed by atoms with Crippen molar-refractivity contribution in [2.75, 3.05) is 31.1 Å². The van der Waals surface area contributed by atoms with E-state index >= 15 is 0 Å². The number of piperidine rings is 2. The molecular formula is C15H21ClF3N3. The molecule has 2 aliphatic heterocycles. The smallest absolute Gasteiger partial charge is 0.357 e. The van der Waals surface area contributed by atoms with Crippen molar-refractivity contribution in [3.63, 3.8) is 0 Å². The Morgan fingerprint density at radius 2 is 1.68 bits per heavy atom. The number of hydrogen-bond acceptors (Lipinski definition) is 3. The maximum atomic E-state index is 12.7. The normalized spacial score (nSPS) is 21.5. The largest absolute Gasteiger partial charge is 0.433 e. The third-order valence-corrected chi connectivity index (χ3v) is 4.84. The summed E-state index contributed by atoms with van der Waals surface area (Å²) in [4.78, 5) is 5.78. The van der Waals surface area contributed by atoms with E-state index in [-0.39, 0.29) is 12.4 Å². The van der Waals surface area contributed by atoms with Crippen LogP contribution in [0.2, 0.25) is 0 Å². The maximum Gasteiger partial charge on any atom is 0.433 e. The Labute approximate surface area is 134 Å². The highest BCUT2D eigenvalue weighted by Crippen LogP contribution is 2.40. The molecule has 0 saturated carbocycles. The molecule has 0 atom stereocenters. The highest BCUT2D eigenvalue weighted by atomic mass is 35.5. The van der Waals surface area contributed by atoms with Crippen LogP contribution in [0.4, 0.5) is 19.0 Å². The van der Waals surface area contributed by atoms with Gasteiger partial charge in [-0.05, 0) is 56.3 Å². The van der Waals surface area contributed by atoms with Crippen LogP contribution < -0.4 is 10.2 Å². The standard InChI is InChI=1S/C15H20F3N3.ClH/c16-15(17,18)12-2-1-3-13(20-12)21-10-6-14(7-11-21)4-8-19-9-5-14;/h1-3,19H,4-11H2;1H. The molecule has 1 spiro atoms. The van der Waals surface area contributed by atoms with Crippen LogP contribution in [-0.2, 0) is 6.18 Å². The average molecular weight is 336 g/mol. The van der Waals surface area contributed by atoms with E-state index in [0.29, 0.717) is 11.2 Å². The molecule has 0 amide bonds. The molecule has 1 aromatic heterocycles. The summed E-state index contributed by atoms with van der Waals surface area (Å²) in [6, 6.07) is 4.15. The SMILES string of the molecule is Cl.FC(F)(F)c1cccc(N2CCC3(CCNCC3)CC2)n1. The van der Waals surface area contributed by atoms with Crippen molar-refractivity contribution in [2.45, 2.75) is 31.9 Å². The molecule has 0 bridgehead atoms. The van der Waals surface area contributed by atoms with Crippen LogP contribution in [0.25, 0.3) is 0 Å². The lowest BCUT2D eigenvalue weighted by Gasteiger charge is -2.44. The second-order valence-corrected chi connectivity index (χ2v) is 6.12. The summed E-state index contributed by atoms with van der Waals surface area (Å²) >= 11 is 0. The fourth-order valence-corrected chi connectivity index (χ4v) is 3.42. The zero-order valence-corrected chi connectivity index (χ0v) is 13.1. The summed E-state index contributed by atoms with van der Waals surface area (Å²) < 4.78 is 38.2. The fourth-order valence-electron chi connectivity index (χ4n) is 3.42. The molecule has 0 radical (unpaired) electrons. The third kappa shape index (κ3) is 3.66. The van der Waals surface area contributed by atoms with E-state index in [1.807, 2.05) is 4.90 Å². The van der Waals surface area contributed by atoms with Gasteiger partial charge in [0.05, 0.1) is 0 Å². The second kappa shape index (κ2) is 6.62. The first kappa shape index (κ1) is 17.3. The maximum absolute atomic E-state index is 12.7. The van der Waals surface area contributed by atoms with Crippen LogP contribution in [-0.4, -0.2) is 31.2 Å². The number of nitrogens with one attached hydrogen (secondary N) is 1. The van der Waals surface area contributed by atoms with E-state index in [1.165, 1.54) is 18.9 Å². The molecule has 3 rings (SSSR count). The van der Waals surface area contributed by atoms with Gasteiger partial charge in [-0.1, -0.05) is 6.07 Å². The first-order chi connectivity index (χ1) is 9.99. The number of anilines is 1. The first-order valence-corrected chi connectivity index (χ1v) is 7.49. The predicted molar refractivity (Wildman–Crippen MR) is 82.5 cm³/mol. The number of rotatable bonds is 1. The number of aromatic nitrogens is 1. The lowest BCUT2D eigenvalue weighted by atomic mass is 9.71. The van der Waals surface area contributed by atoms with Crippen LogP contribution in [0.15, 0.2) is 18.2 Å². The Kier molecular flexibility index (Phi) is 5.22. The quantitative estimate of drug-likeness (QED) is 0.851. The molecule has 1 N–H and O–H groups in total. The Hall–Kier alpha value is -1.01. The molecule has 3 heterocycles. The summed E-state index contributed by atoms with van der Waals surface area (Å²) in [5.74, 6) is 0.452. The lowest BCUT2D eigenvalue weighted by molar-refractivity contribution is -0.141. The van der Waals surface area contributed by atoms with Crippen LogP contribution in [0.5, 0.6) is 0 Å². The number of nitrogens with zero attached hydrogens (tertiary/aromatic N) is 2. The Morgan fingerprint density at radius 3 is 2.27 bits per heavy atom. The average Bonchev–Trinajstić information content (AvgIpc) is 2.48. The van der Waals surface area contributed by atoms with Crippen molar-refractivity contribution in [1.29, 1.82) is 0 Å². The van der Waals surface area contributed by atoms with Crippen molar-refractivity contribution in [3.05, 3.63) is 23.9 Å². The molecule has 22 heavy (non-hydrogen) atoms. The number of alkyl halides is 3. The molecule has 0 unspecified atom stereocenters. The Bertz CT molecular complexity index is 491. The summed E-state index contributed by atoms with van der Waals surface area (Å²) in [7, 11) is 0. The van der Waals surface area contributed by atoms with Crippen LogP contribution >= 0.6 is 12.4 Å². The fraction of sp³-hybridized carbons (Fsp3) is 0.667. The summed E-state index contributed by atoms with van der Waals surface area (Å²) in [6.45, 7) is 3.71. The molecule has 1 aromatic rings. The van der Waals surface area contributed by atoms with Gasteiger partial charge >= 0.3 is 6.18 Å². The van der Waals surface area contributed by atoms with Crippen molar-refractivity contribution in [2.24, 2.45) is 5.41 Å². The van der Waals surface area contributed by atoms with Crippen LogP contribution in [0, 0.1) is 5.41 Å². The molecule has 2 saturated heterocycles. The number of hydrogen-bond donors (Lipinski definition) is 1. The van der Waals surface area contributed by atoms with Gasteiger partial charge in [0.1, 0.15) is 11.5 Å². The summed E-state index contributed by atoms with van der Waals surface area (Å²) in [5.41, 5.74) is -0.411. The number of pyridine rings is 1. The van der Waals surface area contributed by atoms with Crippen LogP contribution in [0.1, 0.15) is 31.4 Å². The van der Waals surface area contributed by atoms with Crippen molar-refractivity contribution in [3.8, 4) is 0 Å². The van der Waals surface area contributed by atoms with Gasteiger partial charge in [-0.3, -0.25) is 0 Å². The van der Waals surface area contributed by atoms with Crippen LogP contribution in [0.3, 0.4) is 0 Å². The number of halogens is 4. The Morgan fingerprint density at radius 1 is 1.05 bits per heavy atom. The zero-order valence-electron chi connectivity index (χ0n) is 12.3. The minimum Gasteiger partial charge on any atom is -0.357 e. The van der Waals surface area contributed by atoms with Gasteiger partial charge in [-0.2, -0.15) is 13.2 Å². The lowest BCUT2D eigenvalue weighted by Crippen LogP contribution is -2.45. The summed E-state index contributed by atoms with van der Waals surface area (Å²) in [5, 5.41) is 3.37. The topological polar surface area (TPSA) is 28.2 Å². The Balaban J connectivity index is 0.00000176. The third-order valence-electron chi connectivity index (χ3n) is 4.84. The minimum atomic E-state index is -4.37. The first-order valence-electron chi connectivity index (χ1n) is 7.49. The molecule has 0 aromatic carbocycles. The molecule has 2 fully saturated rings. The molecule has 0 aliphatic carbocycles. The van der Waals surface area contributed by atoms with E-state index < -0.39 is 11.9 Å². The zero-order chi connectivity index (χ0) is 14.9. The monoisotopic (exact) mass is 335 g/mol. The molecule has 2 aliphatic rings. The highest BCUT2D eigenvalue weighted by Gasteiger charge is 2.37. The molecular weight excluding hydrogens is 315 g/mol.